The van der Waals surface area contributed by atoms with Crippen molar-refractivity contribution in [3.8, 4) is 0 Å². The maximum Gasteiger partial charge on any atom is 0.416 e. The van der Waals surface area contributed by atoms with Gasteiger partial charge in [-0.15, -0.1) is 22.7 Å². The molecule has 5 heteroatoms. The molecule has 4 rings (SSSR count). The molecule has 0 aliphatic carbocycles. The molecule has 0 aliphatic heterocycles. The molecule has 4 aromatic rings. The Morgan fingerprint density at radius 2 is 1.48 bits per heavy atom. The van der Waals surface area contributed by atoms with Gasteiger partial charge in [-0.25, -0.2) is 0 Å². The number of benzene rings is 2. The molecule has 0 saturated carbocycles. The molecule has 1 unspecified atom stereocenters. The van der Waals surface area contributed by atoms with Crippen LogP contribution in [0.4, 0.5) is 13.2 Å². The topological polar surface area (TPSA) is 0 Å². The van der Waals surface area contributed by atoms with Gasteiger partial charge in [0.05, 0.1) is 5.56 Å². The third kappa shape index (κ3) is 4.08. The van der Waals surface area contributed by atoms with Crippen molar-refractivity contribution in [2.24, 2.45) is 0 Å². The number of rotatable bonds is 4. The lowest BCUT2D eigenvalue weighted by Crippen LogP contribution is -2.10. The normalized spacial score (nSPS) is 13.7. The van der Waals surface area contributed by atoms with Gasteiger partial charge in [0.1, 0.15) is 0 Å². The summed E-state index contributed by atoms with van der Waals surface area (Å²) in [5, 5.41) is 1.86. The van der Waals surface area contributed by atoms with Crippen LogP contribution in [0.3, 0.4) is 0 Å². The Morgan fingerprint density at radius 3 is 2.17 bits per heavy atom. The fourth-order valence-electron chi connectivity index (χ4n) is 3.70. The van der Waals surface area contributed by atoms with Crippen molar-refractivity contribution in [1.82, 2.24) is 0 Å². The lowest BCUT2D eigenvalue weighted by molar-refractivity contribution is -0.138. The lowest BCUT2D eigenvalue weighted by Gasteiger charge is -2.16. The summed E-state index contributed by atoms with van der Waals surface area (Å²) < 4.78 is 43.6. The maximum atomic E-state index is 13.8. The Labute approximate surface area is 177 Å². The summed E-state index contributed by atoms with van der Waals surface area (Å²) in [7, 11) is 0. The molecule has 2 aromatic heterocycles. The largest absolute Gasteiger partial charge is 0.416 e. The highest BCUT2D eigenvalue weighted by Crippen LogP contribution is 2.41. The number of fused-ring (bicyclic) bond motifs is 2. The van der Waals surface area contributed by atoms with Crippen LogP contribution in [0, 0.1) is 6.92 Å². The fourth-order valence-corrected chi connectivity index (χ4v) is 6.03. The lowest BCUT2D eigenvalue weighted by atomic mass is 9.94. The van der Waals surface area contributed by atoms with Crippen LogP contribution in [-0.4, -0.2) is 0 Å². The molecule has 29 heavy (non-hydrogen) atoms. The van der Waals surface area contributed by atoms with E-state index in [9.17, 15) is 13.2 Å². The number of aryl methyl sites for hydroxylation is 1. The smallest absolute Gasteiger partial charge is 0.166 e. The third-order valence-corrected chi connectivity index (χ3v) is 8.07. The summed E-state index contributed by atoms with van der Waals surface area (Å²) in [6.07, 6.45) is -3.97. The number of alkyl halides is 3. The first-order valence-corrected chi connectivity index (χ1v) is 11.4. The molecule has 0 nitrogen and oxygen atoms in total. The van der Waals surface area contributed by atoms with Gasteiger partial charge < -0.3 is 0 Å². The van der Waals surface area contributed by atoms with E-state index in [1.165, 1.54) is 16.3 Å². The Balaban J connectivity index is 1.74. The van der Waals surface area contributed by atoms with E-state index in [0.717, 1.165) is 19.8 Å². The van der Waals surface area contributed by atoms with Gasteiger partial charge in [0.15, 0.2) is 0 Å². The fraction of sp³-hybridized carbons (Fsp3) is 0.333. The van der Waals surface area contributed by atoms with Crippen LogP contribution in [0.15, 0.2) is 42.5 Å². The molecule has 0 saturated heterocycles. The molecule has 0 radical (unpaired) electrons. The first-order chi connectivity index (χ1) is 13.6. The van der Waals surface area contributed by atoms with Crippen molar-refractivity contribution in [3.05, 3.63) is 68.9 Å². The second kappa shape index (κ2) is 7.44. The van der Waals surface area contributed by atoms with Gasteiger partial charge in [0.25, 0.3) is 0 Å². The Bertz CT molecular complexity index is 1180. The monoisotopic (exact) mass is 432 g/mol. The summed E-state index contributed by atoms with van der Waals surface area (Å²) in [6.45, 7) is 8.22. The van der Waals surface area contributed by atoms with Gasteiger partial charge in [-0.3, -0.25) is 0 Å². The zero-order chi connectivity index (χ0) is 20.9. The van der Waals surface area contributed by atoms with Crippen molar-refractivity contribution in [2.75, 3.05) is 0 Å². The number of halogens is 3. The maximum absolute atomic E-state index is 13.8. The van der Waals surface area contributed by atoms with Crippen LogP contribution in [0.25, 0.3) is 20.2 Å². The molecular formula is C24H23F3S2. The summed E-state index contributed by atoms with van der Waals surface area (Å²) in [5.74, 6) is 0.335. The van der Waals surface area contributed by atoms with E-state index in [-0.39, 0.29) is 5.92 Å². The van der Waals surface area contributed by atoms with Gasteiger partial charge >= 0.3 is 6.18 Å². The molecule has 2 heterocycles. The van der Waals surface area contributed by atoms with Crippen molar-refractivity contribution in [1.29, 1.82) is 0 Å². The molecule has 0 fully saturated rings. The van der Waals surface area contributed by atoms with E-state index in [0.29, 0.717) is 23.3 Å². The first kappa shape index (κ1) is 20.4. The predicted octanol–water partition coefficient (Wildman–Crippen LogP) is 8.91. The molecule has 0 bridgehead atoms. The van der Waals surface area contributed by atoms with E-state index >= 15 is 0 Å². The van der Waals surface area contributed by atoms with Crippen LogP contribution in [0.1, 0.15) is 59.1 Å². The molecule has 0 spiro atoms. The van der Waals surface area contributed by atoms with Gasteiger partial charge in [-0.05, 0) is 77.4 Å². The molecule has 0 aliphatic rings. The van der Waals surface area contributed by atoms with Crippen LogP contribution >= 0.6 is 22.7 Å². The average Bonchev–Trinajstić information content (AvgIpc) is 3.23. The Hall–Kier alpha value is -1.85. The Morgan fingerprint density at radius 1 is 0.828 bits per heavy atom. The summed E-state index contributed by atoms with van der Waals surface area (Å²) in [6, 6.07) is 13.4. The van der Waals surface area contributed by atoms with Gasteiger partial charge in [-0.1, -0.05) is 32.9 Å². The van der Waals surface area contributed by atoms with Crippen molar-refractivity contribution in [2.45, 2.75) is 52.1 Å². The molecular weight excluding hydrogens is 409 g/mol. The van der Waals surface area contributed by atoms with Gasteiger partial charge in [-0.2, -0.15) is 13.2 Å². The molecule has 0 N–H and O–H groups in total. The second-order valence-electron chi connectivity index (χ2n) is 8.14. The summed E-state index contributed by atoms with van der Waals surface area (Å²) in [4.78, 5) is 2.26. The second-order valence-corrected chi connectivity index (χ2v) is 10.4. The number of thiophene rings is 2. The molecule has 2 aromatic carbocycles. The van der Waals surface area contributed by atoms with E-state index in [1.54, 1.807) is 28.7 Å². The van der Waals surface area contributed by atoms with E-state index < -0.39 is 11.7 Å². The minimum absolute atomic E-state index is 0.0239. The summed E-state index contributed by atoms with van der Waals surface area (Å²) >= 11 is 3.29. The van der Waals surface area contributed by atoms with Crippen LogP contribution in [0.2, 0.25) is 0 Å². The zero-order valence-corrected chi connectivity index (χ0v) is 18.5. The SMILES string of the molecule is Cc1ccc2cc(C(C)Cc3cc4sc(C(C)C)cc4cc3C(F)(F)F)sc2c1. The van der Waals surface area contributed by atoms with Crippen molar-refractivity contribution in [3.63, 3.8) is 0 Å². The number of hydrogen-bond acceptors (Lipinski definition) is 2. The molecule has 1 atom stereocenters. The molecule has 152 valence electrons. The van der Waals surface area contributed by atoms with Gasteiger partial charge in [0.2, 0.25) is 0 Å². The highest BCUT2D eigenvalue weighted by Gasteiger charge is 2.34. The quantitative estimate of drug-likeness (QED) is 0.302. The van der Waals surface area contributed by atoms with E-state index in [4.69, 9.17) is 0 Å². The number of hydrogen-bond donors (Lipinski definition) is 0. The average molecular weight is 433 g/mol. The van der Waals surface area contributed by atoms with Gasteiger partial charge in [0, 0.05) is 19.2 Å². The summed E-state index contributed by atoms with van der Waals surface area (Å²) in [5.41, 5.74) is 1.09. The van der Waals surface area contributed by atoms with Crippen molar-refractivity contribution < 1.29 is 13.2 Å². The van der Waals surface area contributed by atoms with E-state index in [2.05, 4.69) is 45.0 Å². The first-order valence-electron chi connectivity index (χ1n) is 9.75. The zero-order valence-electron chi connectivity index (χ0n) is 16.9. The van der Waals surface area contributed by atoms with Crippen molar-refractivity contribution >= 4 is 42.8 Å². The minimum atomic E-state index is -4.35. The molecule has 0 amide bonds. The standard InChI is InChI=1S/C24H23F3S2/c1-13(2)20-12-18-9-19(24(25,26)27)17(11-23(18)28-20)8-15(4)21-10-16-6-5-14(3)7-22(16)29-21/h5-7,9-13,15H,8H2,1-4H3. The third-order valence-electron chi connectivity index (χ3n) is 5.34. The van der Waals surface area contributed by atoms with Crippen LogP contribution in [-0.2, 0) is 12.6 Å². The minimum Gasteiger partial charge on any atom is -0.166 e. The predicted molar refractivity (Wildman–Crippen MR) is 120 cm³/mol. The highest BCUT2D eigenvalue weighted by atomic mass is 32.1. The van der Waals surface area contributed by atoms with E-state index in [1.807, 2.05) is 13.0 Å². The van der Waals surface area contributed by atoms with Crippen LogP contribution < -0.4 is 0 Å². The highest BCUT2D eigenvalue weighted by molar-refractivity contribution is 7.19. The van der Waals surface area contributed by atoms with Crippen LogP contribution in [0.5, 0.6) is 0 Å². The Kier molecular flexibility index (Phi) is 5.24.